The predicted molar refractivity (Wildman–Crippen MR) is 91.7 cm³/mol. The topological polar surface area (TPSA) is 67.8 Å². The van der Waals surface area contributed by atoms with Gasteiger partial charge in [-0.3, -0.25) is 15.1 Å². The first kappa shape index (κ1) is 15.3. The molecule has 6 heteroatoms. The second kappa shape index (κ2) is 6.26. The van der Waals surface area contributed by atoms with Gasteiger partial charge in [0.15, 0.2) is 5.13 Å². The lowest BCUT2D eigenvalue weighted by Gasteiger charge is -2.07. The van der Waals surface area contributed by atoms with Crippen LogP contribution in [0.25, 0.3) is 11.1 Å². The number of hydrogen-bond donors (Lipinski definition) is 1. The molecule has 0 aliphatic rings. The van der Waals surface area contributed by atoms with Crippen LogP contribution in [0.3, 0.4) is 0 Å². The van der Waals surface area contributed by atoms with E-state index in [1.165, 1.54) is 11.3 Å². The van der Waals surface area contributed by atoms with Gasteiger partial charge in [0.2, 0.25) is 0 Å². The molecule has 3 aromatic heterocycles. The highest BCUT2D eigenvalue weighted by Gasteiger charge is 2.12. The van der Waals surface area contributed by atoms with Crippen LogP contribution < -0.4 is 5.32 Å². The molecule has 1 amide bonds. The largest absolute Gasteiger partial charge is 0.296 e. The molecule has 0 radical (unpaired) electrons. The van der Waals surface area contributed by atoms with Crippen LogP contribution in [0.2, 0.25) is 0 Å². The van der Waals surface area contributed by atoms with Gasteiger partial charge in [-0.15, -0.1) is 11.3 Å². The second-order valence-corrected chi connectivity index (χ2v) is 6.24. The lowest BCUT2D eigenvalue weighted by atomic mass is 10.1. The number of nitrogens with one attached hydrogen (secondary N) is 1. The number of carbonyl (C=O) groups excluding carboxylic acids is 1. The number of thiazole rings is 1. The third-order valence-corrected chi connectivity index (χ3v) is 4.11. The van der Waals surface area contributed by atoms with Crippen molar-refractivity contribution in [3.8, 4) is 11.1 Å². The number of aromatic nitrogens is 3. The SMILES string of the molecule is Cc1cncc(-c2cc(C)nc(C(=O)Nc3nc(C)cs3)c2)c1. The molecular formula is C17H16N4OS. The Morgan fingerprint density at radius 2 is 1.83 bits per heavy atom. The monoisotopic (exact) mass is 324 g/mol. The average molecular weight is 324 g/mol. The molecule has 3 heterocycles. The Bertz CT molecular complexity index is 873. The Balaban J connectivity index is 1.92. The van der Waals surface area contributed by atoms with E-state index in [0.29, 0.717) is 10.8 Å². The predicted octanol–water partition coefficient (Wildman–Crippen LogP) is 3.78. The summed E-state index contributed by atoms with van der Waals surface area (Å²) in [5.74, 6) is -0.259. The van der Waals surface area contributed by atoms with E-state index in [9.17, 15) is 4.79 Å². The lowest BCUT2D eigenvalue weighted by Crippen LogP contribution is -2.14. The first-order chi connectivity index (χ1) is 11.0. The van der Waals surface area contributed by atoms with Crippen molar-refractivity contribution in [3.05, 3.63) is 58.6 Å². The molecule has 23 heavy (non-hydrogen) atoms. The molecule has 116 valence electrons. The van der Waals surface area contributed by atoms with Crippen LogP contribution in [0.5, 0.6) is 0 Å². The highest BCUT2D eigenvalue weighted by Crippen LogP contribution is 2.22. The van der Waals surface area contributed by atoms with Crippen LogP contribution >= 0.6 is 11.3 Å². The fourth-order valence-electron chi connectivity index (χ4n) is 2.24. The molecule has 0 saturated carbocycles. The summed E-state index contributed by atoms with van der Waals surface area (Å²) < 4.78 is 0. The van der Waals surface area contributed by atoms with Gasteiger partial charge in [0.05, 0.1) is 5.69 Å². The molecule has 0 aliphatic carbocycles. The van der Waals surface area contributed by atoms with Crippen molar-refractivity contribution < 1.29 is 4.79 Å². The van der Waals surface area contributed by atoms with E-state index in [4.69, 9.17) is 0 Å². The Morgan fingerprint density at radius 1 is 1.00 bits per heavy atom. The van der Waals surface area contributed by atoms with Crippen LogP contribution in [-0.2, 0) is 0 Å². The zero-order valence-corrected chi connectivity index (χ0v) is 13.9. The van der Waals surface area contributed by atoms with Crippen LogP contribution in [0.4, 0.5) is 5.13 Å². The van der Waals surface area contributed by atoms with E-state index in [0.717, 1.165) is 28.1 Å². The second-order valence-electron chi connectivity index (χ2n) is 5.38. The van der Waals surface area contributed by atoms with Crippen molar-refractivity contribution in [2.75, 3.05) is 5.32 Å². The van der Waals surface area contributed by atoms with Crippen molar-refractivity contribution in [1.82, 2.24) is 15.0 Å². The van der Waals surface area contributed by atoms with Crippen LogP contribution in [0.1, 0.15) is 27.4 Å². The van der Waals surface area contributed by atoms with Crippen molar-refractivity contribution in [1.29, 1.82) is 0 Å². The summed E-state index contributed by atoms with van der Waals surface area (Å²) in [5, 5.41) is 5.26. The Kier molecular flexibility index (Phi) is 4.16. The van der Waals surface area contributed by atoms with Crippen LogP contribution in [-0.4, -0.2) is 20.9 Å². The minimum absolute atomic E-state index is 0.259. The van der Waals surface area contributed by atoms with E-state index >= 15 is 0 Å². The zero-order valence-electron chi connectivity index (χ0n) is 13.1. The molecule has 0 fully saturated rings. The van der Waals surface area contributed by atoms with Gasteiger partial charge in [-0.1, -0.05) is 0 Å². The summed E-state index contributed by atoms with van der Waals surface area (Å²) in [4.78, 5) is 25.2. The summed E-state index contributed by atoms with van der Waals surface area (Å²) in [6.45, 7) is 5.75. The third kappa shape index (κ3) is 3.60. The average Bonchev–Trinajstić information content (AvgIpc) is 2.91. The highest BCUT2D eigenvalue weighted by atomic mass is 32.1. The molecule has 0 atom stereocenters. The number of nitrogens with zero attached hydrogens (tertiary/aromatic N) is 3. The van der Waals surface area contributed by atoms with Crippen LogP contribution in [0, 0.1) is 20.8 Å². The number of amides is 1. The van der Waals surface area contributed by atoms with Gasteiger partial charge in [0, 0.05) is 29.0 Å². The van der Waals surface area contributed by atoms with Gasteiger partial charge < -0.3 is 0 Å². The quantitative estimate of drug-likeness (QED) is 0.796. The number of rotatable bonds is 3. The Labute approximate surface area is 138 Å². The van der Waals surface area contributed by atoms with Crippen molar-refractivity contribution in [2.45, 2.75) is 20.8 Å². The Hall–Kier alpha value is -2.60. The van der Waals surface area contributed by atoms with E-state index in [2.05, 4.69) is 20.3 Å². The zero-order chi connectivity index (χ0) is 16.4. The molecule has 0 aliphatic heterocycles. The molecule has 3 rings (SSSR count). The fraction of sp³-hybridized carbons (Fsp3) is 0.176. The van der Waals surface area contributed by atoms with Gasteiger partial charge in [0.25, 0.3) is 5.91 Å². The number of anilines is 1. The van der Waals surface area contributed by atoms with Gasteiger partial charge in [-0.25, -0.2) is 9.97 Å². The summed E-state index contributed by atoms with van der Waals surface area (Å²) in [6.07, 6.45) is 3.59. The normalized spacial score (nSPS) is 10.6. The van der Waals surface area contributed by atoms with E-state index in [-0.39, 0.29) is 5.91 Å². The molecule has 1 N–H and O–H groups in total. The number of pyridine rings is 2. The number of carbonyl (C=O) groups is 1. The maximum atomic E-state index is 12.4. The van der Waals surface area contributed by atoms with Crippen molar-refractivity contribution in [3.63, 3.8) is 0 Å². The molecule has 0 saturated heterocycles. The van der Waals surface area contributed by atoms with Gasteiger partial charge >= 0.3 is 0 Å². The minimum atomic E-state index is -0.259. The van der Waals surface area contributed by atoms with E-state index in [1.807, 2.05) is 38.3 Å². The summed E-state index contributed by atoms with van der Waals surface area (Å²) in [7, 11) is 0. The summed E-state index contributed by atoms with van der Waals surface area (Å²) >= 11 is 1.40. The fourth-order valence-corrected chi connectivity index (χ4v) is 2.92. The smallest absolute Gasteiger partial charge is 0.276 e. The van der Waals surface area contributed by atoms with E-state index in [1.54, 1.807) is 18.5 Å². The lowest BCUT2D eigenvalue weighted by molar-refractivity contribution is 0.102. The standard InChI is InChI=1S/C17H16N4OS/c1-10-4-14(8-18-7-10)13-5-11(2)19-15(6-13)16(22)21-17-20-12(3)9-23-17/h4-9H,1-3H3,(H,20,21,22). The van der Waals surface area contributed by atoms with Crippen LogP contribution in [0.15, 0.2) is 36.0 Å². The summed E-state index contributed by atoms with van der Waals surface area (Å²) in [6, 6.07) is 5.76. The molecule has 5 nitrogen and oxygen atoms in total. The first-order valence-corrected chi connectivity index (χ1v) is 8.03. The maximum absolute atomic E-state index is 12.4. The van der Waals surface area contributed by atoms with Gasteiger partial charge in [-0.05, 0) is 50.1 Å². The molecule has 0 spiro atoms. The molecule has 3 aromatic rings. The summed E-state index contributed by atoms with van der Waals surface area (Å²) in [5.41, 5.74) is 5.00. The van der Waals surface area contributed by atoms with Gasteiger partial charge in [-0.2, -0.15) is 0 Å². The third-order valence-electron chi connectivity index (χ3n) is 3.23. The first-order valence-electron chi connectivity index (χ1n) is 7.15. The number of aryl methyl sites for hydroxylation is 3. The molecule has 0 bridgehead atoms. The minimum Gasteiger partial charge on any atom is -0.296 e. The number of hydrogen-bond acceptors (Lipinski definition) is 5. The highest BCUT2D eigenvalue weighted by molar-refractivity contribution is 7.13. The van der Waals surface area contributed by atoms with Gasteiger partial charge in [0.1, 0.15) is 5.69 Å². The van der Waals surface area contributed by atoms with Crippen molar-refractivity contribution in [2.24, 2.45) is 0 Å². The van der Waals surface area contributed by atoms with Crippen molar-refractivity contribution >= 4 is 22.4 Å². The Morgan fingerprint density at radius 3 is 2.52 bits per heavy atom. The van der Waals surface area contributed by atoms with E-state index < -0.39 is 0 Å². The molecular weight excluding hydrogens is 308 g/mol. The molecule has 0 aromatic carbocycles. The maximum Gasteiger partial charge on any atom is 0.276 e. The molecule has 0 unspecified atom stereocenters.